The molecule has 0 saturated heterocycles. The van der Waals surface area contributed by atoms with Gasteiger partial charge in [0.15, 0.2) is 0 Å². The van der Waals surface area contributed by atoms with Crippen molar-refractivity contribution in [2.24, 2.45) is 0 Å². The Balaban J connectivity index is 2.47. The van der Waals surface area contributed by atoms with Crippen molar-refractivity contribution in [2.45, 2.75) is 19.4 Å². The molecule has 1 aromatic heterocycles. The van der Waals surface area contributed by atoms with E-state index in [2.05, 4.69) is 9.97 Å². The van der Waals surface area contributed by atoms with Crippen LogP contribution in [0.1, 0.15) is 23.9 Å². The largest absolute Gasteiger partial charge is 0.377 e. The predicted molar refractivity (Wildman–Crippen MR) is 63.4 cm³/mol. The molecule has 0 aliphatic carbocycles. The maximum absolute atomic E-state index is 10.4. The Morgan fingerprint density at radius 1 is 1.44 bits per heavy atom. The number of rotatable bonds is 2. The van der Waals surface area contributed by atoms with E-state index < -0.39 is 5.60 Å². The number of aromatic amines is 1. The first kappa shape index (κ1) is 11.2. The molecule has 2 N–H and O–H groups in total. The highest BCUT2D eigenvalue weighted by molar-refractivity contribution is 6.31. The second kappa shape index (κ2) is 3.92. The van der Waals surface area contributed by atoms with Crippen molar-refractivity contribution >= 4 is 11.6 Å². The summed E-state index contributed by atoms with van der Waals surface area (Å²) in [5.41, 5.74) is 0.578. The van der Waals surface area contributed by atoms with E-state index in [4.69, 9.17) is 11.6 Å². The van der Waals surface area contributed by atoms with Crippen LogP contribution in [0.25, 0.3) is 0 Å². The number of aromatic nitrogens is 2. The second-order valence-electron chi connectivity index (χ2n) is 3.97. The van der Waals surface area contributed by atoms with E-state index in [1.165, 1.54) is 0 Å². The number of H-pyrrole nitrogens is 1. The predicted octanol–water partition coefficient (Wildman–Crippen LogP) is 2.63. The van der Waals surface area contributed by atoms with Crippen LogP contribution >= 0.6 is 11.6 Å². The van der Waals surface area contributed by atoms with Gasteiger partial charge >= 0.3 is 0 Å². The van der Waals surface area contributed by atoms with Gasteiger partial charge in [-0.3, -0.25) is 0 Å². The molecule has 2 aromatic rings. The zero-order chi connectivity index (χ0) is 11.8. The van der Waals surface area contributed by atoms with Crippen molar-refractivity contribution in [3.8, 4) is 0 Å². The Morgan fingerprint density at radius 2 is 2.19 bits per heavy atom. The lowest BCUT2D eigenvalue weighted by molar-refractivity contribution is 0.0931. The Kier molecular flexibility index (Phi) is 2.74. The molecule has 0 aliphatic heterocycles. The van der Waals surface area contributed by atoms with Crippen LogP contribution in [0.2, 0.25) is 5.02 Å². The molecule has 0 amide bonds. The summed E-state index contributed by atoms with van der Waals surface area (Å²) in [5, 5.41) is 11.1. The summed E-state index contributed by atoms with van der Waals surface area (Å²) in [5.74, 6) is 0.522. The fourth-order valence-corrected chi connectivity index (χ4v) is 1.73. The molecular formula is C12H13ClN2O. The number of hydrogen-bond donors (Lipinski definition) is 2. The van der Waals surface area contributed by atoms with Crippen molar-refractivity contribution < 1.29 is 5.11 Å². The van der Waals surface area contributed by atoms with Gasteiger partial charge in [0.25, 0.3) is 0 Å². The van der Waals surface area contributed by atoms with Crippen molar-refractivity contribution in [3.63, 3.8) is 0 Å². The van der Waals surface area contributed by atoms with Crippen LogP contribution in [0.3, 0.4) is 0 Å². The summed E-state index contributed by atoms with van der Waals surface area (Å²) in [6, 6.07) is 5.45. The topological polar surface area (TPSA) is 48.9 Å². The lowest BCUT2D eigenvalue weighted by Crippen LogP contribution is -2.24. The van der Waals surface area contributed by atoms with Crippen molar-refractivity contribution in [2.75, 3.05) is 0 Å². The minimum Gasteiger partial charge on any atom is -0.377 e. The normalized spacial score (nSPS) is 14.8. The molecule has 0 spiro atoms. The summed E-state index contributed by atoms with van der Waals surface area (Å²) in [6.07, 6.45) is 3.30. The molecule has 16 heavy (non-hydrogen) atoms. The van der Waals surface area contributed by atoms with E-state index in [-0.39, 0.29) is 0 Å². The highest BCUT2D eigenvalue weighted by Crippen LogP contribution is 2.28. The maximum atomic E-state index is 10.4. The summed E-state index contributed by atoms with van der Waals surface area (Å²) in [6.45, 7) is 3.61. The Morgan fingerprint density at radius 3 is 2.75 bits per heavy atom. The summed E-state index contributed by atoms with van der Waals surface area (Å²) < 4.78 is 0. The van der Waals surface area contributed by atoms with Crippen LogP contribution in [0.15, 0.2) is 30.6 Å². The van der Waals surface area contributed by atoms with Crippen molar-refractivity contribution in [3.05, 3.63) is 52.6 Å². The van der Waals surface area contributed by atoms with Crippen molar-refractivity contribution in [1.82, 2.24) is 9.97 Å². The molecule has 3 nitrogen and oxygen atoms in total. The summed E-state index contributed by atoms with van der Waals surface area (Å²) >= 11 is 5.95. The number of imidazole rings is 1. The SMILES string of the molecule is Cc1cc(C(C)(O)c2ncc[nH]2)ccc1Cl. The smallest absolute Gasteiger partial charge is 0.144 e. The molecule has 0 radical (unpaired) electrons. The van der Waals surface area contributed by atoms with Crippen LogP contribution in [-0.2, 0) is 5.60 Å². The highest BCUT2D eigenvalue weighted by atomic mass is 35.5. The first-order chi connectivity index (χ1) is 7.51. The number of aliphatic hydroxyl groups is 1. The quantitative estimate of drug-likeness (QED) is 0.842. The van der Waals surface area contributed by atoms with E-state index >= 15 is 0 Å². The van der Waals surface area contributed by atoms with Crippen LogP contribution in [0, 0.1) is 6.92 Å². The van der Waals surface area contributed by atoms with Crippen LogP contribution in [0.5, 0.6) is 0 Å². The van der Waals surface area contributed by atoms with E-state index in [0.717, 1.165) is 11.1 Å². The highest BCUT2D eigenvalue weighted by Gasteiger charge is 2.28. The number of nitrogens with zero attached hydrogens (tertiary/aromatic N) is 1. The Hall–Kier alpha value is -1.32. The lowest BCUT2D eigenvalue weighted by atomic mass is 9.94. The van der Waals surface area contributed by atoms with Crippen LogP contribution in [0.4, 0.5) is 0 Å². The minimum atomic E-state index is -1.13. The number of aryl methyl sites for hydroxylation is 1. The number of hydrogen-bond acceptors (Lipinski definition) is 2. The van der Waals surface area contributed by atoms with Crippen molar-refractivity contribution in [1.29, 1.82) is 0 Å². The molecule has 1 heterocycles. The first-order valence-electron chi connectivity index (χ1n) is 5.00. The molecule has 2 rings (SSSR count). The standard InChI is InChI=1S/C12H13ClN2O/c1-8-7-9(3-4-10(8)13)12(2,16)11-14-5-6-15-11/h3-7,16H,1-2H3,(H,14,15). The van der Waals surface area contributed by atoms with Gasteiger partial charge in [-0.15, -0.1) is 0 Å². The van der Waals surface area contributed by atoms with Gasteiger partial charge in [-0.1, -0.05) is 23.7 Å². The molecule has 1 aromatic carbocycles. The molecule has 1 atom stereocenters. The molecular weight excluding hydrogens is 224 g/mol. The molecule has 0 saturated carbocycles. The van der Waals surface area contributed by atoms with Gasteiger partial charge in [0.05, 0.1) is 0 Å². The number of halogens is 1. The number of nitrogens with one attached hydrogen (secondary N) is 1. The maximum Gasteiger partial charge on any atom is 0.144 e. The lowest BCUT2D eigenvalue weighted by Gasteiger charge is -2.22. The molecule has 0 bridgehead atoms. The van der Waals surface area contributed by atoms with Gasteiger partial charge in [-0.2, -0.15) is 0 Å². The fourth-order valence-electron chi connectivity index (χ4n) is 1.62. The van der Waals surface area contributed by atoms with E-state index in [9.17, 15) is 5.11 Å². The molecule has 4 heteroatoms. The third-order valence-electron chi connectivity index (χ3n) is 2.68. The van der Waals surface area contributed by atoms with Gasteiger partial charge in [0, 0.05) is 17.4 Å². The molecule has 84 valence electrons. The van der Waals surface area contributed by atoms with Crippen LogP contribution in [-0.4, -0.2) is 15.1 Å². The average Bonchev–Trinajstić information content (AvgIpc) is 2.75. The molecule has 0 aliphatic rings. The number of benzene rings is 1. The fraction of sp³-hybridized carbons (Fsp3) is 0.250. The molecule has 1 unspecified atom stereocenters. The third-order valence-corrected chi connectivity index (χ3v) is 3.10. The van der Waals surface area contributed by atoms with Gasteiger partial charge in [0.1, 0.15) is 11.4 Å². The zero-order valence-corrected chi connectivity index (χ0v) is 9.92. The van der Waals surface area contributed by atoms with E-state index in [0.29, 0.717) is 10.8 Å². The zero-order valence-electron chi connectivity index (χ0n) is 9.16. The van der Waals surface area contributed by atoms with Gasteiger partial charge in [0.2, 0.25) is 0 Å². The summed E-state index contributed by atoms with van der Waals surface area (Å²) in [7, 11) is 0. The monoisotopic (exact) mass is 236 g/mol. The summed E-state index contributed by atoms with van der Waals surface area (Å²) in [4.78, 5) is 6.99. The van der Waals surface area contributed by atoms with Gasteiger partial charge in [-0.25, -0.2) is 4.98 Å². The molecule has 0 fully saturated rings. The van der Waals surface area contributed by atoms with Gasteiger partial charge < -0.3 is 10.1 Å². The van der Waals surface area contributed by atoms with E-state index in [1.807, 2.05) is 13.0 Å². The minimum absolute atomic E-state index is 0.522. The van der Waals surface area contributed by atoms with Gasteiger partial charge in [-0.05, 0) is 31.0 Å². The first-order valence-corrected chi connectivity index (χ1v) is 5.38. The Labute approximate surface area is 99.1 Å². The average molecular weight is 237 g/mol. The Bertz CT molecular complexity index is 492. The van der Waals surface area contributed by atoms with E-state index in [1.54, 1.807) is 31.5 Å². The third kappa shape index (κ3) is 1.84. The second-order valence-corrected chi connectivity index (χ2v) is 4.38. The van der Waals surface area contributed by atoms with Crippen LogP contribution < -0.4 is 0 Å².